The summed E-state index contributed by atoms with van der Waals surface area (Å²) in [6.45, 7) is 0.337. The highest BCUT2D eigenvalue weighted by Gasteiger charge is 2.28. The Hall–Kier alpha value is -2.63. The van der Waals surface area contributed by atoms with Gasteiger partial charge in [-0.15, -0.1) is 0 Å². The SMILES string of the molecule is O=C(O)CCCNC(=O)c1cc(C2CC2)nn1-c1ccccc1. The summed E-state index contributed by atoms with van der Waals surface area (Å²) < 4.78 is 1.67. The summed E-state index contributed by atoms with van der Waals surface area (Å²) in [5.41, 5.74) is 2.29. The molecule has 0 aliphatic heterocycles. The van der Waals surface area contributed by atoms with Gasteiger partial charge in [-0.2, -0.15) is 5.10 Å². The number of rotatable bonds is 7. The molecule has 1 aliphatic rings. The molecule has 1 aromatic heterocycles. The molecule has 6 nitrogen and oxygen atoms in total. The maximum atomic E-state index is 12.4. The Labute approximate surface area is 134 Å². The monoisotopic (exact) mass is 313 g/mol. The molecule has 1 saturated carbocycles. The number of carbonyl (C=O) groups is 2. The van der Waals surface area contributed by atoms with E-state index in [2.05, 4.69) is 10.4 Å². The number of benzene rings is 1. The van der Waals surface area contributed by atoms with Crippen LogP contribution in [0.25, 0.3) is 5.69 Å². The van der Waals surface area contributed by atoms with E-state index in [0.29, 0.717) is 24.6 Å². The Morgan fingerprint density at radius 1 is 1.26 bits per heavy atom. The molecule has 1 aromatic carbocycles. The van der Waals surface area contributed by atoms with E-state index in [-0.39, 0.29) is 12.3 Å². The molecule has 1 fully saturated rings. The van der Waals surface area contributed by atoms with Gasteiger partial charge in [0.15, 0.2) is 0 Å². The third kappa shape index (κ3) is 3.77. The number of carboxylic acid groups (broad SMARTS) is 1. The zero-order valence-corrected chi connectivity index (χ0v) is 12.7. The molecule has 0 saturated heterocycles. The van der Waals surface area contributed by atoms with Crippen molar-refractivity contribution in [3.05, 3.63) is 47.8 Å². The highest BCUT2D eigenvalue weighted by molar-refractivity contribution is 5.93. The first kappa shape index (κ1) is 15.3. The Bertz CT molecular complexity index is 705. The lowest BCUT2D eigenvalue weighted by Gasteiger charge is -2.07. The number of amides is 1. The van der Waals surface area contributed by atoms with Crippen molar-refractivity contribution in [3.8, 4) is 5.69 Å². The van der Waals surface area contributed by atoms with E-state index >= 15 is 0 Å². The van der Waals surface area contributed by atoms with E-state index in [4.69, 9.17) is 5.11 Å². The zero-order chi connectivity index (χ0) is 16.2. The van der Waals surface area contributed by atoms with Crippen LogP contribution in [0.5, 0.6) is 0 Å². The van der Waals surface area contributed by atoms with Gasteiger partial charge < -0.3 is 10.4 Å². The van der Waals surface area contributed by atoms with Gasteiger partial charge >= 0.3 is 5.97 Å². The van der Waals surface area contributed by atoms with Crippen molar-refractivity contribution in [1.82, 2.24) is 15.1 Å². The zero-order valence-electron chi connectivity index (χ0n) is 12.7. The molecule has 1 aliphatic carbocycles. The molecule has 0 radical (unpaired) electrons. The molecule has 1 amide bonds. The topological polar surface area (TPSA) is 84.2 Å². The van der Waals surface area contributed by atoms with E-state index in [0.717, 1.165) is 24.2 Å². The van der Waals surface area contributed by atoms with Crippen LogP contribution < -0.4 is 5.32 Å². The maximum Gasteiger partial charge on any atom is 0.303 e. The second-order valence-corrected chi connectivity index (χ2v) is 5.73. The van der Waals surface area contributed by atoms with Crippen molar-refractivity contribution in [2.24, 2.45) is 0 Å². The van der Waals surface area contributed by atoms with Crippen molar-refractivity contribution in [2.75, 3.05) is 6.54 Å². The lowest BCUT2D eigenvalue weighted by Crippen LogP contribution is -2.27. The van der Waals surface area contributed by atoms with Crippen molar-refractivity contribution < 1.29 is 14.7 Å². The Morgan fingerprint density at radius 2 is 2.00 bits per heavy atom. The van der Waals surface area contributed by atoms with Crippen molar-refractivity contribution >= 4 is 11.9 Å². The molecule has 1 heterocycles. The predicted molar refractivity (Wildman–Crippen MR) is 84.7 cm³/mol. The first-order valence-corrected chi connectivity index (χ1v) is 7.80. The number of para-hydroxylation sites is 1. The Morgan fingerprint density at radius 3 is 2.65 bits per heavy atom. The van der Waals surface area contributed by atoms with E-state index in [1.807, 2.05) is 36.4 Å². The van der Waals surface area contributed by atoms with Gasteiger partial charge in [-0.1, -0.05) is 18.2 Å². The minimum absolute atomic E-state index is 0.0472. The Balaban J connectivity index is 1.77. The van der Waals surface area contributed by atoms with E-state index in [1.165, 1.54) is 0 Å². The lowest BCUT2D eigenvalue weighted by molar-refractivity contribution is -0.137. The normalized spacial score (nSPS) is 13.7. The van der Waals surface area contributed by atoms with Gasteiger partial charge in [0, 0.05) is 18.9 Å². The summed E-state index contributed by atoms with van der Waals surface area (Å²) in [5, 5.41) is 16.0. The van der Waals surface area contributed by atoms with Crippen LogP contribution in [0.15, 0.2) is 36.4 Å². The molecule has 23 heavy (non-hydrogen) atoms. The number of hydrogen-bond acceptors (Lipinski definition) is 3. The molecule has 6 heteroatoms. The molecule has 0 bridgehead atoms. The summed E-state index contributed by atoms with van der Waals surface area (Å²) in [5.74, 6) is -0.623. The summed E-state index contributed by atoms with van der Waals surface area (Å²) >= 11 is 0. The molecule has 0 spiro atoms. The molecule has 120 valence electrons. The van der Waals surface area contributed by atoms with Gasteiger partial charge in [-0.25, -0.2) is 4.68 Å². The molecule has 2 N–H and O–H groups in total. The molecule has 3 rings (SSSR count). The van der Waals surface area contributed by atoms with Gasteiger partial charge in [0.2, 0.25) is 0 Å². The average Bonchev–Trinajstić information content (AvgIpc) is 3.30. The summed E-state index contributed by atoms with van der Waals surface area (Å²) in [7, 11) is 0. The third-order valence-electron chi connectivity index (χ3n) is 3.81. The fourth-order valence-electron chi connectivity index (χ4n) is 2.44. The largest absolute Gasteiger partial charge is 0.481 e. The minimum atomic E-state index is -0.857. The van der Waals surface area contributed by atoms with Gasteiger partial charge in [-0.05, 0) is 37.5 Å². The molecule has 0 unspecified atom stereocenters. The van der Waals surface area contributed by atoms with Gasteiger partial charge in [0.05, 0.1) is 11.4 Å². The highest BCUT2D eigenvalue weighted by atomic mass is 16.4. The minimum Gasteiger partial charge on any atom is -0.481 e. The maximum absolute atomic E-state index is 12.4. The standard InChI is InChI=1S/C17H19N3O3/c21-16(22)7-4-10-18-17(23)15-11-14(12-8-9-12)19-20(15)13-5-2-1-3-6-13/h1-3,5-6,11-12H,4,7-10H2,(H,18,23)(H,21,22). The number of carboxylic acids is 1. The van der Waals surface area contributed by atoms with Gasteiger partial charge in [0.1, 0.15) is 5.69 Å². The van der Waals surface area contributed by atoms with E-state index in [1.54, 1.807) is 4.68 Å². The number of hydrogen-bond donors (Lipinski definition) is 2. The summed E-state index contributed by atoms with van der Waals surface area (Å²) in [6, 6.07) is 11.4. The quantitative estimate of drug-likeness (QED) is 0.768. The Kier molecular flexibility index (Phi) is 4.41. The van der Waals surface area contributed by atoms with Crippen LogP contribution in [0.3, 0.4) is 0 Å². The van der Waals surface area contributed by atoms with Crippen LogP contribution in [0.2, 0.25) is 0 Å². The van der Waals surface area contributed by atoms with Crippen LogP contribution in [-0.4, -0.2) is 33.3 Å². The van der Waals surface area contributed by atoms with Crippen LogP contribution in [0.4, 0.5) is 0 Å². The number of nitrogens with one attached hydrogen (secondary N) is 1. The van der Waals surface area contributed by atoms with Crippen LogP contribution in [0.1, 0.15) is 47.8 Å². The molecular weight excluding hydrogens is 294 g/mol. The lowest BCUT2D eigenvalue weighted by atomic mass is 10.2. The average molecular weight is 313 g/mol. The number of aromatic nitrogens is 2. The van der Waals surface area contributed by atoms with Crippen LogP contribution in [-0.2, 0) is 4.79 Å². The van der Waals surface area contributed by atoms with E-state index < -0.39 is 5.97 Å². The summed E-state index contributed by atoms with van der Waals surface area (Å²) in [6.07, 6.45) is 2.69. The summed E-state index contributed by atoms with van der Waals surface area (Å²) in [4.78, 5) is 22.9. The van der Waals surface area contributed by atoms with Crippen LogP contribution in [0, 0.1) is 0 Å². The number of aliphatic carboxylic acids is 1. The smallest absolute Gasteiger partial charge is 0.303 e. The fraction of sp³-hybridized carbons (Fsp3) is 0.353. The number of nitrogens with zero attached hydrogens (tertiary/aromatic N) is 2. The first-order valence-electron chi connectivity index (χ1n) is 7.80. The second-order valence-electron chi connectivity index (χ2n) is 5.73. The highest BCUT2D eigenvalue weighted by Crippen LogP contribution is 2.39. The third-order valence-corrected chi connectivity index (χ3v) is 3.81. The van der Waals surface area contributed by atoms with E-state index in [9.17, 15) is 9.59 Å². The predicted octanol–water partition coefficient (Wildman–Crippen LogP) is 2.34. The van der Waals surface area contributed by atoms with Gasteiger partial charge in [0.25, 0.3) is 5.91 Å². The second kappa shape index (κ2) is 6.64. The molecule has 0 atom stereocenters. The fourth-order valence-corrected chi connectivity index (χ4v) is 2.44. The van der Waals surface area contributed by atoms with Crippen molar-refractivity contribution in [1.29, 1.82) is 0 Å². The molecule has 2 aromatic rings. The number of carbonyl (C=O) groups excluding carboxylic acids is 1. The first-order chi connectivity index (χ1) is 11.1. The van der Waals surface area contributed by atoms with Crippen LogP contribution >= 0.6 is 0 Å². The molecular formula is C17H19N3O3. The van der Waals surface area contributed by atoms with Gasteiger partial charge in [-0.3, -0.25) is 9.59 Å². The van der Waals surface area contributed by atoms with Crippen molar-refractivity contribution in [2.45, 2.75) is 31.6 Å². The van der Waals surface area contributed by atoms with Crippen molar-refractivity contribution in [3.63, 3.8) is 0 Å².